The lowest BCUT2D eigenvalue weighted by atomic mass is 10.1. The molecular weight excluding hydrogens is 256 g/mol. The van der Waals surface area contributed by atoms with E-state index >= 15 is 0 Å². The minimum absolute atomic E-state index is 0.394. The Labute approximate surface area is 114 Å². The summed E-state index contributed by atoms with van der Waals surface area (Å²) in [6.45, 7) is 1.75. The molecule has 0 N–H and O–H groups in total. The van der Waals surface area contributed by atoms with Crippen LogP contribution in [0, 0.1) is 6.92 Å². The quantitative estimate of drug-likeness (QED) is 0.699. The predicted molar refractivity (Wildman–Crippen MR) is 70.2 cm³/mol. The van der Waals surface area contributed by atoms with Crippen LogP contribution >= 0.6 is 0 Å². The lowest BCUT2D eigenvalue weighted by Gasteiger charge is -2.03. The van der Waals surface area contributed by atoms with Gasteiger partial charge in [0, 0.05) is 6.42 Å². The highest BCUT2D eigenvalue weighted by Gasteiger charge is 2.16. The lowest BCUT2D eigenvalue weighted by molar-refractivity contribution is 0.237. The van der Waals surface area contributed by atoms with Crippen molar-refractivity contribution < 1.29 is 4.79 Å². The summed E-state index contributed by atoms with van der Waals surface area (Å²) in [6, 6.07) is 9.40. The van der Waals surface area contributed by atoms with Gasteiger partial charge < -0.3 is 0 Å². The first kappa shape index (κ1) is 12.2. The van der Waals surface area contributed by atoms with Crippen molar-refractivity contribution in [3.05, 3.63) is 60.2 Å². The van der Waals surface area contributed by atoms with Gasteiger partial charge in [-0.1, -0.05) is 30.3 Å². The van der Waals surface area contributed by atoms with Crippen LogP contribution in [0.2, 0.25) is 0 Å². The molecule has 0 radical (unpaired) electrons. The average molecular weight is 268 g/mol. The molecule has 0 fully saturated rings. The Morgan fingerprint density at radius 2 is 2.05 bits per heavy atom. The fraction of sp³-hybridized carbons (Fsp3) is 0.154. The molecule has 3 aromatic rings. The number of aromatic nitrogens is 6. The van der Waals surface area contributed by atoms with Crippen molar-refractivity contribution in [2.75, 3.05) is 0 Å². The van der Waals surface area contributed by atoms with Crippen LogP contribution in [0.4, 0.5) is 4.79 Å². The van der Waals surface area contributed by atoms with E-state index < -0.39 is 6.03 Å². The van der Waals surface area contributed by atoms with Gasteiger partial charge in [0.1, 0.15) is 24.3 Å². The Morgan fingerprint density at radius 1 is 1.25 bits per heavy atom. The zero-order chi connectivity index (χ0) is 13.9. The Bertz CT molecular complexity index is 717. The first-order valence-electron chi connectivity index (χ1n) is 6.10. The molecule has 2 aromatic heterocycles. The molecule has 1 aromatic carbocycles. The summed E-state index contributed by atoms with van der Waals surface area (Å²) >= 11 is 0. The lowest BCUT2D eigenvalue weighted by Crippen LogP contribution is -2.23. The van der Waals surface area contributed by atoms with Crippen LogP contribution in [0.1, 0.15) is 17.2 Å². The van der Waals surface area contributed by atoms with Gasteiger partial charge in [0.15, 0.2) is 0 Å². The van der Waals surface area contributed by atoms with E-state index in [0.717, 1.165) is 10.2 Å². The van der Waals surface area contributed by atoms with E-state index in [4.69, 9.17) is 0 Å². The molecule has 3 rings (SSSR count). The van der Waals surface area contributed by atoms with Crippen LogP contribution in [0.15, 0.2) is 43.0 Å². The third kappa shape index (κ3) is 2.33. The summed E-state index contributed by atoms with van der Waals surface area (Å²) in [5.74, 6) is 1.12. The maximum atomic E-state index is 12.3. The molecule has 7 nitrogen and oxygen atoms in total. The van der Waals surface area contributed by atoms with Gasteiger partial charge in [0.25, 0.3) is 0 Å². The van der Waals surface area contributed by atoms with Gasteiger partial charge in [-0.25, -0.2) is 14.8 Å². The number of rotatable bonds is 2. The predicted octanol–water partition coefficient (Wildman–Crippen LogP) is 1.29. The molecule has 0 atom stereocenters. The van der Waals surface area contributed by atoms with Crippen molar-refractivity contribution in [3.63, 3.8) is 0 Å². The summed E-state index contributed by atoms with van der Waals surface area (Å²) in [5.41, 5.74) is 1.06. The number of hydrogen-bond acceptors (Lipinski definition) is 5. The monoisotopic (exact) mass is 268 g/mol. The Kier molecular flexibility index (Phi) is 3.08. The minimum atomic E-state index is -0.394. The molecule has 0 unspecified atom stereocenters. The highest BCUT2D eigenvalue weighted by Crippen LogP contribution is 2.08. The number of nitrogens with zero attached hydrogens (tertiary/aromatic N) is 6. The first-order chi connectivity index (χ1) is 9.74. The topological polar surface area (TPSA) is 78.5 Å². The van der Waals surface area contributed by atoms with E-state index in [2.05, 4.69) is 20.2 Å². The van der Waals surface area contributed by atoms with Crippen molar-refractivity contribution in [2.45, 2.75) is 13.3 Å². The number of benzene rings is 1. The molecule has 0 aliphatic rings. The Hall–Kier alpha value is -2.83. The average Bonchev–Trinajstić information content (AvgIpc) is 3.09. The summed E-state index contributed by atoms with van der Waals surface area (Å²) < 4.78 is 2.39. The van der Waals surface area contributed by atoms with Crippen molar-refractivity contribution in [1.82, 2.24) is 29.5 Å². The molecule has 0 spiro atoms. The number of carbonyl (C=O) groups is 1. The number of hydrogen-bond donors (Lipinski definition) is 0. The second-order valence-corrected chi connectivity index (χ2v) is 4.27. The molecular formula is C13H12N6O. The zero-order valence-electron chi connectivity index (χ0n) is 10.8. The summed E-state index contributed by atoms with van der Waals surface area (Å²) in [5, 5.41) is 7.95. The van der Waals surface area contributed by atoms with Crippen molar-refractivity contribution in [3.8, 4) is 0 Å². The van der Waals surface area contributed by atoms with Gasteiger partial charge >= 0.3 is 6.03 Å². The molecule has 0 amide bonds. The maximum Gasteiger partial charge on any atom is 0.372 e. The van der Waals surface area contributed by atoms with Crippen molar-refractivity contribution >= 4 is 6.03 Å². The molecule has 0 saturated heterocycles. The van der Waals surface area contributed by atoms with Crippen LogP contribution in [0.3, 0.4) is 0 Å². The van der Waals surface area contributed by atoms with Gasteiger partial charge in [-0.05, 0) is 12.5 Å². The second-order valence-electron chi connectivity index (χ2n) is 4.27. The third-order valence-electron chi connectivity index (χ3n) is 2.78. The molecule has 20 heavy (non-hydrogen) atoms. The third-order valence-corrected chi connectivity index (χ3v) is 2.78. The van der Waals surface area contributed by atoms with Crippen LogP contribution in [-0.4, -0.2) is 35.6 Å². The number of aryl methyl sites for hydroxylation is 1. The Morgan fingerprint density at radius 3 is 2.75 bits per heavy atom. The molecule has 7 heteroatoms. The van der Waals surface area contributed by atoms with E-state index in [0.29, 0.717) is 18.1 Å². The molecule has 0 bridgehead atoms. The van der Waals surface area contributed by atoms with Gasteiger partial charge in [0.05, 0.1) is 0 Å². The molecule has 0 aliphatic carbocycles. The fourth-order valence-electron chi connectivity index (χ4n) is 1.91. The summed E-state index contributed by atoms with van der Waals surface area (Å²) in [4.78, 5) is 20.3. The van der Waals surface area contributed by atoms with Gasteiger partial charge in [-0.15, -0.1) is 5.10 Å². The van der Waals surface area contributed by atoms with E-state index in [1.807, 2.05) is 30.3 Å². The van der Waals surface area contributed by atoms with Crippen LogP contribution in [0.5, 0.6) is 0 Å². The van der Waals surface area contributed by atoms with Crippen molar-refractivity contribution in [1.29, 1.82) is 0 Å². The van der Waals surface area contributed by atoms with Gasteiger partial charge in [0.2, 0.25) is 0 Å². The smallest absolute Gasteiger partial charge is 0.243 e. The molecule has 0 aliphatic heterocycles. The van der Waals surface area contributed by atoms with E-state index in [-0.39, 0.29) is 0 Å². The largest absolute Gasteiger partial charge is 0.372 e. The summed E-state index contributed by atoms with van der Waals surface area (Å²) in [6.07, 6.45) is 3.17. The van der Waals surface area contributed by atoms with Crippen LogP contribution < -0.4 is 0 Å². The fourth-order valence-corrected chi connectivity index (χ4v) is 1.91. The summed E-state index contributed by atoms with van der Waals surface area (Å²) in [7, 11) is 0. The minimum Gasteiger partial charge on any atom is -0.243 e. The van der Waals surface area contributed by atoms with Gasteiger partial charge in [-0.2, -0.15) is 14.5 Å². The normalized spacial score (nSPS) is 10.7. The van der Waals surface area contributed by atoms with E-state index in [1.54, 1.807) is 6.92 Å². The van der Waals surface area contributed by atoms with E-state index in [9.17, 15) is 4.79 Å². The SMILES string of the molecule is Cc1nc(Cc2ccccc2)n(C(=O)n2cncn2)n1. The first-order valence-corrected chi connectivity index (χ1v) is 6.10. The maximum absolute atomic E-state index is 12.3. The van der Waals surface area contributed by atoms with Crippen LogP contribution in [0.25, 0.3) is 0 Å². The highest BCUT2D eigenvalue weighted by atomic mass is 16.2. The molecule has 0 saturated carbocycles. The molecule has 100 valence electrons. The van der Waals surface area contributed by atoms with E-state index in [1.165, 1.54) is 17.3 Å². The Balaban J connectivity index is 1.94. The standard InChI is InChI=1S/C13H12N6O/c1-10-16-12(7-11-5-3-2-4-6-11)19(17-10)13(20)18-9-14-8-15-18/h2-6,8-9H,7H2,1H3. The second kappa shape index (κ2) is 5.04. The molecule has 2 heterocycles. The van der Waals surface area contributed by atoms with Crippen LogP contribution in [-0.2, 0) is 6.42 Å². The number of carbonyl (C=O) groups excluding carboxylic acids is 1. The zero-order valence-corrected chi connectivity index (χ0v) is 10.8. The van der Waals surface area contributed by atoms with Gasteiger partial charge in [-0.3, -0.25) is 0 Å². The van der Waals surface area contributed by atoms with Crippen molar-refractivity contribution in [2.24, 2.45) is 0 Å². The highest BCUT2D eigenvalue weighted by molar-refractivity contribution is 5.77.